The molecule has 0 saturated carbocycles. The normalized spacial score (nSPS) is 14.4. The monoisotopic (exact) mass is 394 g/mol. The van der Waals surface area contributed by atoms with Crippen molar-refractivity contribution in [2.24, 2.45) is 0 Å². The molecule has 0 aromatic heterocycles. The predicted octanol–water partition coefficient (Wildman–Crippen LogP) is 2.88. The van der Waals surface area contributed by atoms with Gasteiger partial charge in [-0.15, -0.1) is 0 Å². The van der Waals surface area contributed by atoms with Gasteiger partial charge in [0.1, 0.15) is 0 Å². The molecule has 7 heteroatoms. The van der Waals surface area contributed by atoms with Crippen LogP contribution in [0.4, 0.5) is 4.79 Å². The largest absolute Gasteiger partial charge is 0.439 e. The maximum atomic E-state index is 12.4. The van der Waals surface area contributed by atoms with Crippen LogP contribution in [0.5, 0.6) is 0 Å². The van der Waals surface area contributed by atoms with Gasteiger partial charge in [0.05, 0.1) is 12.6 Å². The van der Waals surface area contributed by atoms with Gasteiger partial charge in [0.15, 0.2) is 12.4 Å². The summed E-state index contributed by atoms with van der Waals surface area (Å²) in [5.74, 6) is -0.693. The molecule has 1 aliphatic heterocycles. The fraction of sp³-hybridized carbons (Fsp3) is 0.273. The summed E-state index contributed by atoms with van der Waals surface area (Å²) in [5, 5.41) is 2.86. The first-order valence-electron chi connectivity index (χ1n) is 9.44. The third-order valence-corrected chi connectivity index (χ3v) is 4.65. The van der Waals surface area contributed by atoms with Crippen molar-refractivity contribution in [2.45, 2.75) is 25.3 Å². The molecule has 3 amide bonds. The third kappa shape index (κ3) is 5.51. The predicted molar refractivity (Wildman–Crippen MR) is 105 cm³/mol. The Bertz CT molecular complexity index is 867. The molecule has 1 saturated heterocycles. The Kier molecular flexibility index (Phi) is 6.73. The number of ketones is 1. The van der Waals surface area contributed by atoms with Gasteiger partial charge in [-0.2, -0.15) is 0 Å². The Balaban J connectivity index is 1.57. The number of benzene rings is 2. The molecule has 150 valence electrons. The Hall–Kier alpha value is -3.48. The fourth-order valence-corrected chi connectivity index (χ4v) is 3.10. The van der Waals surface area contributed by atoms with Crippen LogP contribution >= 0.6 is 0 Å². The number of nitrogens with zero attached hydrogens (tertiary/aromatic N) is 1. The number of cyclic esters (lactones) is 1. The van der Waals surface area contributed by atoms with Crippen LogP contribution in [0.2, 0.25) is 0 Å². The van der Waals surface area contributed by atoms with Gasteiger partial charge in [-0.1, -0.05) is 60.7 Å². The Morgan fingerprint density at radius 1 is 0.966 bits per heavy atom. The molecule has 3 rings (SSSR count). The first-order valence-corrected chi connectivity index (χ1v) is 9.44. The maximum absolute atomic E-state index is 12.4. The highest BCUT2D eigenvalue weighted by Crippen LogP contribution is 2.18. The number of imide groups is 1. The van der Waals surface area contributed by atoms with E-state index < -0.39 is 18.0 Å². The van der Waals surface area contributed by atoms with Crippen molar-refractivity contribution in [3.63, 3.8) is 0 Å². The first kappa shape index (κ1) is 20.3. The molecule has 0 bridgehead atoms. The van der Waals surface area contributed by atoms with Crippen LogP contribution in [0.25, 0.3) is 0 Å². The van der Waals surface area contributed by atoms with Crippen LogP contribution in [0.3, 0.4) is 0 Å². The molecule has 29 heavy (non-hydrogen) atoms. The van der Waals surface area contributed by atoms with Crippen LogP contribution in [0.15, 0.2) is 60.7 Å². The van der Waals surface area contributed by atoms with E-state index in [4.69, 9.17) is 4.74 Å². The van der Waals surface area contributed by atoms with E-state index in [1.54, 1.807) is 24.3 Å². The van der Waals surface area contributed by atoms with Gasteiger partial charge < -0.3 is 10.1 Å². The molecule has 2 aromatic carbocycles. The van der Waals surface area contributed by atoms with Gasteiger partial charge in [0.25, 0.3) is 5.91 Å². The molecular weight excluding hydrogens is 372 g/mol. The molecular formula is C22H22N2O5. The topological polar surface area (TPSA) is 92.8 Å². The summed E-state index contributed by atoms with van der Waals surface area (Å²) in [6.45, 7) is -0.285. The van der Waals surface area contributed by atoms with Crippen molar-refractivity contribution in [3.05, 3.63) is 71.8 Å². The van der Waals surface area contributed by atoms with Crippen LogP contribution in [-0.2, 0) is 14.3 Å². The Labute approximate surface area is 168 Å². The summed E-state index contributed by atoms with van der Waals surface area (Å²) >= 11 is 0. The summed E-state index contributed by atoms with van der Waals surface area (Å²) in [6.07, 6.45) is 0.134. The minimum absolute atomic E-state index is 0.00361. The Morgan fingerprint density at radius 3 is 2.24 bits per heavy atom. The second kappa shape index (κ2) is 9.64. The lowest BCUT2D eigenvalue weighted by molar-refractivity contribution is -0.127. The number of ether oxygens (including phenoxy) is 1. The first-order chi connectivity index (χ1) is 14.0. The van der Waals surface area contributed by atoms with E-state index >= 15 is 0 Å². The van der Waals surface area contributed by atoms with Crippen molar-refractivity contribution < 1.29 is 23.9 Å². The maximum Gasteiger partial charge on any atom is 0.417 e. The summed E-state index contributed by atoms with van der Waals surface area (Å²) in [4.78, 5) is 49.2. The van der Waals surface area contributed by atoms with E-state index in [2.05, 4.69) is 5.32 Å². The van der Waals surface area contributed by atoms with E-state index in [-0.39, 0.29) is 37.7 Å². The molecule has 1 heterocycles. The lowest BCUT2D eigenvalue weighted by Crippen LogP contribution is -2.40. The zero-order valence-corrected chi connectivity index (χ0v) is 15.9. The highest BCUT2D eigenvalue weighted by molar-refractivity contribution is 5.98. The lowest BCUT2D eigenvalue weighted by Gasteiger charge is -2.22. The number of nitrogens with one attached hydrogen (secondary N) is 1. The van der Waals surface area contributed by atoms with Gasteiger partial charge in [-0.3, -0.25) is 14.4 Å². The highest BCUT2D eigenvalue weighted by Gasteiger charge is 2.33. The number of rotatable bonds is 9. The zero-order valence-electron chi connectivity index (χ0n) is 15.9. The number of Topliss-reactive ketones (excluding diaryl/α,β-unsaturated/α-hetero) is 1. The standard InChI is InChI=1S/C22H22N2O5/c25-19(17-10-5-2-6-11-17)12-7-13-20(26)23-18(16-8-3-1-4-9-16)14-24-21(27)15-29-22(24)28/h1-6,8-11,18H,7,12-15H2,(H,23,26). The van der Waals surface area contributed by atoms with Crippen molar-refractivity contribution in [3.8, 4) is 0 Å². The van der Waals surface area contributed by atoms with Crippen molar-refractivity contribution in [2.75, 3.05) is 13.2 Å². The zero-order chi connectivity index (χ0) is 20.6. The Morgan fingerprint density at radius 2 is 1.62 bits per heavy atom. The van der Waals surface area contributed by atoms with E-state index in [1.165, 1.54) is 0 Å². The summed E-state index contributed by atoms with van der Waals surface area (Å²) in [7, 11) is 0. The molecule has 1 fully saturated rings. The van der Waals surface area contributed by atoms with Gasteiger partial charge in [-0.25, -0.2) is 9.69 Å². The average Bonchev–Trinajstić information content (AvgIpc) is 3.06. The van der Waals surface area contributed by atoms with Gasteiger partial charge in [0, 0.05) is 18.4 Å². The van der Waals surface area contributed by atoms with Crippen molar-refractivity contribution in [1.29, 1.82) is 0 Å². The molecule has 1 N–H and O–H groups in total. The molecule has 1 atom stereocenters. The smallest absolute Gasteiger partial charge is 0.417 e. The number of carbonyl (C=O) groups is 4. The van der Waals surface area contributed by atoms with Crippen molar-refractivity contribution >= 4 is 23.7 Å². The summed E-state index contributed by atoms with van der Waals surface area (Å²) in [5.41, 5.74) is 1.40. The number of hydrogen-bond donors (Lipinski definition) is 1. The molecule has 0 radical (unpaired) electrons. The minimum Gasteiger partial charge on any atom is -0.439 e. The summed E-state index contributed by atoms with van der Waals surface area (Å²) in [6, 6.07) is 17.5. The molecule has 0 aliphatic carbocycles. The quantitative estimate of drug-likeness (QED) is 0.660. The molecule has 2 aromatic rings. The molecule has 1 aliphatic rings. The third-order valence-electron chi connectivity index (χ3n) is 4.65. The van der Waals surface area contributed by atoms with Crippen LogP contribution in [-0.4, -0.2) is 41.7 Å². The minimum atomic E-state index is -0.710. The molecule has 1 unspecified atom stereocenters. The SMILES string of the molecule is O=C(CCCC(=O)c1ccccc1)NC(CN1C(=O)COC1=O)c1ccccc1. The fourth-order valence-electron chi connectivity index (χ4n) is 3.10. The summed E-state index contributed by atoms with van der Waals surface area (Å²) < 4.78 is 4.74. The second-order valence-electron chi connectivity index (χ2n) is 6.73. The van der Waals surface area contributed by atoms with Gasteiger partial charge in [0.2, 0.25) is 5.91 Å². The van der Waals surface area contributed by atoms with Gasteiger partial charge >= 0.3 is 6.09 Å². The molecule has 0 spiro atoms. The number of amides is 3. The van der Waals surface area contributed by atoms with Crippen LogP contribution in [0, 0.1) is 0 Å². The average molecular weight is 394 g/mol. The van der Waals surface area contributed by atoms with E-state index in [1.807, 2.05) is 36.4 Å². The van der Waals surface area contributed by atoms with E-state index in [0.29, 0.717) is 12.0 Å². The lowest BCUT2D eigenvalue weighted by atomic mass is 10.0. The van der Waals surface area contributed by atoms with Crippen LogP contribution < -0.4 is 5.32 Å². The van der Waals surface area contributed by atoms with Crippen molar-refractivity contribution in [1.82, 2.24) is 10.2 Å². The molecule has 7 nitrogen and oxygen atoms in total. The van der Waals surface area contributed by atoms with E-state index in [0.717, 1.165) is 10.5 Å². The van der Waals surface area contributed by atoms with Gasteiger partial charge in [-0.05, 0) is 12.0 Å². The second-order valence-corrected chi connectivity index (χ2v) is 6.73. The number of carbonyl (C=O) groups excluding carboxylic acids is 4. The van der Waals surface area contributed by atoms with E-state index in [9.17, 15) is 19.2 Å². The number of hydrogen-bond acceptors (Lipinski definition) is 5. The van der Waals surface area contributed by atoms with Crippen LogP contribution in [0.1, 0.15) is 41.2 Å². The highest BCUT2D eigenvalue weighted by atomic mass is 16.6.